The van der Waals surface area contributed by atoms with E-state index in [1.807, 2.05) is 32.9 Å². The summed E-state index contributed by atoms with van der Waals surface area (Å²) in [6.45, 7) is 6.15. The zero-order chi connectivity index (χ0) is 25.2. The molecule has 190 valence electrons. The molecule has 1 saturated heterocycles. The third-order valence-corrected chi connectivity index (χ3v) is 6.66. The monoisotopic (exact) mass is 503 g/mol. The van der Waals surface area contributed by atoms with Gasteiger partial charge < -0.3 is 23.9 Å². The number of rotatable bonds is 5. The highest BCUT2D eigenvalue weighted by molar-refractivity contribution is 6.30. The van der Waals surface area contributed by atoms with Gasteiger partial charge in [-0.15, -0.1) is 0 Å². The predicted molar refractivity (Wildman–Crippen MR) is 134 cm³/mol. The minimum Gasteiger partial charge on any atom is -0.458 e. The first kappa shape index (κ1) is 25.9. The average Bonchev–Trinajstić information content (AvgIpc) is 2.80. The highest BCUT2D eigenvalue weighted by Crippen LogP contribution is 2.34. The lowest BCUT2D eigenvalue weighted by Crippen LogP contribution is -2.38. The molecule has 1 aromatic carbocycles. The van der Waals surface area contributed by atoms with Crippen molar-refractivity contribution in [3.8, 4) is 11.1 Å². The lowest BCUT2D eigenvalue weighted by molar-refractivity contribution is -0.160. The number of hydrogen-bond acceptors (Lipinski definition) is 6. The third-order valence-electron chi connectivity index (χ3n) is 6.43. The van der Waals surface area contributed by atoms with Crippen LogP contribution in [0.5, 0.6) is 0 Å². The number of aromatic nitrogens is 1. The molecule has 3 atom stereocenters. The van der Waals surface area contributed by atoms with E-state index in [1.165, 1.54) is 4.57 Å². The minimum absolute atomic E-state index is 0.121. The number of ether oxygens (including phenoxy) is 3. The molecule has 35 heavy (non-hydrogen) atoms. The van der Waals surface area contributed by atoms with Gasteiger partial charge in [0.05, 0.1) is 25.4 Å². The van der Waals surface area contributed by atoms with E-state index in [0.29, 0.717) is 24.5 Å². The second kappa shape index (κ2) is 10.8. The molecule has 8 heteroatoms. The van der Waals surface area contributed by atoms with Crippen molar-refractivity contribution in [3.63, 3.8) is 0 Å². The summed E-state index contributed by atoms with van der Waals surface area (Å²) in [4.78, 5) is 26.8. The van der Waals surface area contributed by atoms with E-state index < -0.39 is 17.6 Å². The van der Waals surface area contributed by atoms with Crippen LogP contribution in [0.25, 0.3) is 11.1 Å². The van der Waals surface area contributed by atoms with Gasteiger partial charge in [-0.3, -0.25) is 4.79 Å². The van der Waals surface area contributed by atoms with Crippen molar-refractivity contribution in [2.75, 3.05) is 13.2 Å². The molecular formula is C27H34ClNO6. The highest BCUT2D eigenvalue weighted by atomic mass is 35.5. The Morgan fingerprint density at radius 1 is 1.17 bits per heavy atom. The van der Waals surface area contributed by atoms with E-state index in [2.05, 4.69) is 0 Å². The molecule has 0 amide bonds. The Morgan fingerprint density at radius 2 is 1.94 bits per heavy atom. The summed E-state index contributed by atoms with van der Waals surface area (Å²) >= 11 is 6.30. The maximum absolute atomic E-state index is 13.5. The largest absolute Gasteiger partial charge is 0.458 e. The van der Waals surface area contributed by atoms with Crippen LogP contribution in [0.15, 0.2) is 35.3 Å². The maximum atomic E-state index is 13.5. The molecule has 2 aromatic rings. The third kappa shape index (κ3) is 6.33. The van der Waals surface area contributed by atoms with Gasteiger partial charge in [-0.1, -0.05) is 17.7 Å². The van der Waals surface area contributed by atoms with Crippen LogP contribution < -0.4 is 5.56 Å². The highest BCUT2D eigenvalue weighted by Gasteiger charge is 2.32. The molecule has 1 N–H and O–H groups in total. The molecule has 0 spiro atoms. The van der Waals surface area contributed by atoms with Crippen LogP contribution >= 0.6 is 11.6 Å². The van der Waals surface area contributed by atoms with Crippen molar-refractivity contribution in [3.05, 3.63) is 57.0 Å². The zero-order valence-electron chi connectivity index (χ0n) is 20.6. The van der Waals surface area contributed by atoms with Gasteiger partial charge in [0.2, 0.25) is 0 Å². The van der Waals surface area contributed by atoms with Crippen LogP contribution in [0, 0.1) is 0 Å². The number of esters is 1. The summed E-state index contributed by atoms with van der Waals surface area (Å²) in [5.74, 6) is -0.461. The Labute approximate surface area is 211 Å². The predicted octanol–water partition coefficient (Wildman–Crippen LogP) is 4.44. The molecule has 0 saturated carbocycles. The van der Waals surface area contributed by atoms with Gasteiger partial charge in [-0.2, -0.15) is 0 Å². The molecule has 1 fully saturated rings. The van der Waals surface area contributed by atoms with Crippen LogP contribution in [-0.4, -0.2) is 46.7 Å². The first-order chi connectivity index (χ1) is 16.6. The standard InChI is InChI=1S/C27H34ClNO6/c1-27(2,3)35-26(32)24(12-20-6-4-5-9-33-20)29-14-18-16-34-21(15-30)10-17-7-8-19(28)11-22(17)23(18)13-25(29)31/h7-8,11,13-14,20-21,24,30H,4-6,9-10,12,15-16H2,1-3H3/t20-,21?,24?/m0/s1. The average molecular weight is 504 g/mol. The van der Waals surface area contributed by atoms with Crippen LogP contribution in [0.1, 0.15) is 63.6 Å². The second-order valence-electron chi connectivity index (χ2n) is 10.4. The van der Waals surface area contributed by atoms with E-state index in [1.54, 1.807) is 18.3 Å². The zero-order valence-corrected chi connectivity index (χ0v) is 21.3. The Balaban J connectivity index is 1.79. The Hall–Kier alpha value is -2.19. The van der Waals surface area contributed by atoms with Crippen molar-refractivity contribution in [2.24, 2.45) is 0 Å². The van der Waals surface area contributed by atoms with Gasteiger partial charge in [0, 0.05) is 42.3 Å². The molecule has 7 nitrogen and oxygen atoms in total. The van der Waals surface area contributed by atoms with Gasteiger partial charge in [0.25, 0.3) is 5.56 Å². The van der Waals surface area contributed by atoms with Crippen LogP contribution in [0.2, 0.25) is 5.02 Å². The van der Waals surface area contributed by atoms with Gasteiger partial charge in [-0.25, -0.2) is 4.79 Å². The fourth-order valence-corrected chi connectivity index (χ4v) is 4.92. The lowest BCUT2D eigenvalue weighted by Gasteiger charge is -2.30. The molecule has 0 bridgehead atoms. The molecule has 2 unspecified atom stereocenters. The SMILES string of the molecule is CC(C)(C)OC(=O)C(C[C@@H]1CCCCO1)n1cc2c(cc1=O)-c1cc(Cl)ccc1CC(CO)OC2. The lowest BCUT2D eigenvalue weighted by atomic mass is 9.92. The van der Waals surface area contributed by atoms with Gasteiger partial charge in [0.1, 0.15) is 11.6 Å². The summed E-state index contributed by atoms with van der Waals surface area (Å²) in [6, 6.07) is 6.24. The Kier molecular flexibility index (Phi) is 8.01. The first-order valence-corrected chi connectivity index (χ1v) is 12.6. The molecule has 1 aromatic heterocycles. The summed E-state index contributed by atoms with van der Waals surface area (Å²) < 4.78 is 19.0. The number of carbonyl (C=O) groups excluding carboxylic acids is 1. The number of fused-ring (bicyclic) bond motifs is 3. The molecule has 0 radical (unpaired) electrons. The van der Waals surface area contributed by atoms with E-state index in [4.69, 9.17) is 25.8 Å². The molecule has 2 aliphatic rings. The fraction of sp³-hybridized carbons (Fsp3) is 0.556. The topological polar surface area (TPSA) is 87.0 Å². The van der Waals surface area contributed by atoms with Crippen LogP contribution in [0.3, 0.4) is 0 Å². The quantitative estimate of drug-likeness (QED) is 0.607. The van der Waals surface area contributed by atoms with E-state index in [0.717, 1.165) is 41.5 Å². The molecule has 0 aliphatic carbocycles. The van der Waals surface area contributed by atoms with E-state index in [-0.39, 0.29) is 31.0 Å². The van der Waals surface area contributed by atoms with Gasteiger partial charge in [0.15, 0.2) is 0 Å². The number of halogens is 1. The molecular weight excluding hydrogens is 470 g/mol. The van der Waals surface area contributed by atoms with E-state index in [9.17, 15) is 14.7 Å². The molecule has 4 rings (SSSR count). The van der Waals surface area contributed by atoms with Crippen molar-refractivity contribution in [1.82, 2.24) is 4.57 Å². The normalized spacial score (nSPS) is 21.3. The number of pyridine rings is 1. The number of nitrogens with zero attached hydrogens (tertiary/aromatic N) is 1. The summed E-state index contributed by atoms with van der Waals surface area (Å²) in [5, 5.41) is 10.4. The number of carbonyl (C=O) groups is 1. The summed E-state index contributed by atoms with van der Waals surface area (Å²) in [6.07, 6.45) is 4.91. The Bertz CT molecular complexity index is 1120. The number of benzene rings is 1. The van der Waals surface area contributed by atoms with Gasteiger partial charge >= 0.3 is 5.97 Å². The van der Waals surface area contributed by atoms with Crippen molar-refractivity contribution < 1.29 is 24.1 Å². The summed E-state index contributed by atoms with van der Waals surface area (Å²) in [5.41, 5.74) is 2.24. The number of hydrogen-bond donors (Lipinski definition) is 1. The van der Waals surface area contributed by atoms with E-state index >= 15 is 0 Å². The number of aliphatic hydroxyl groups is 1. The Morgan fingerprint density at radius 3 is 2.63 bits per heavy atom. The molecule has 2 aliphatic heterocycles. The molecule has 3 heterocycles. The second-order valence-corrected chi connectivity index (χ2v) is 10.8. The smallest absolute Gasteiger partial charge is 0.329 e. The fourth-order valence-electron chi connectivity index (χ4n) is 4.74. The summed E-state index contributed by atoms with van der Waals surface area (Å²) in [7, 11) is 0. The van der Waals surface area contributed by atoms with Crippen LogP contribution in [0.4, 0.5) is 0 Å². The van der Waals surface area contributed by atoms with Crippen LogP contribution in [-0.2, 0) is 32.0 Å². The van der Waals surface area contributed by atoms with Crippen molar-refractivity contribution in [2.45, 2.75) is 83.3 Å². The minimum atomic E-state index is -0.826. The van der Waals surface area contributed by atoms with Crippen molar-refractivity contribution in [1.29, 1.82) is 0 Å². The van der Waals surface area contributed by atoms with Crippen molar-refractivity contribution >= 4 is 17.6 Å². The first-order valence-electron chi connectivity index (χ1n) is 12.3. The van der Waals surface area contributed by atoms with Gasteiger partial charge in [-0.05, 0) is 68.9 Å². The maximum Gasteiger partial charge on any atom is 0.329 e. The number of aliphatic hydroxyl groups excluding tert-OH is 1.